The number of carboxylic acids is 1. The predicted molar refractivity (Wildman–Crippen MR) is 83.4 cm³/mol. The highest BCUT2D eigenvalue weighted by Gasteiger charge is 2.43. The largest absolute Gasteiger partial charge is 0.481 e. The second-order valence-corrected chi connectivity index (χ2v) is 6.03. The number of hydrogen-bond donors (Lipinski definition) is 1. The summed E-state index contributed by atoms with van der Waals surface area (Å²) in [5.74, 6) is -0.788. The molecule has 2 aromatic rings. The Hall–Kier alpha value is -2.30. The molecule has 116 valence electrons. The van der Waals surface area contributed by atoms with E-state index >= 15 is 0 Å². The molecule has 5 nitrogen and oxygen atoms in total. The Kier molecular flexibility index (Phi) is 3.64. The molecule has 1 aliphatic carbocycles. The fourth-order valence-corrected chi connectivity index (χ4v) is 3.49. The van der Waals surface area contributed by atoms with E-state index < -0.39 is 11.4 Å². The van der Waals surface area contributed by atoms with Crippen molar-refractivity contribution in [2.45, 2.75) is 37.5 Å². The van der Waals surface area contributed by atoms with Crippen LogP contribution in [0.3, 0.4) is 0 Å². The summed E-state index contributed by atoms with van der Waals surface area (Å²) in [5.41, 5.74) is 0.376. The van der Waals surface area contributed by atoms with Crippen LogP contribution in [-0.2, 0) is 17.3 Å². The van der Waals surface area contributed by atoms with Gasteiger partial charge < -0.3 is 9.67 Å². The minimum atomic E-state index is -0.885. The molecule has 1 saturated carbocycles. The summed E-state index contributed by atoms with van der Waals surface area (Å²) in [4.78, 5) is 24.3. The van der Waals surface area contributed by atoms with Gasteiger partial charge >= 0.3 is 11.7 Å². The number of nitrogens with zero attached hydrogens (tertiary/aromatic N) is 2. The van der Waals surface area contributed by atoms with Crippen molar-refractivity contribution in [2.24, 2.45) is 7.05 Å². The summed E-state index contributed by atoms with van der Waals surface area (Å²) in [6, 6.07) is 7.38. The number of para-hydroxylation sites is 1. The first-order valence-electron chi connectivity index (χ1n) is 7.63. The van der Waals surface area contributed by atoms with Crippen LogP contribution in [0.15, 0.2) is 41.5 Å². The molecule has 0 unspecified atom stereocenters. The van der Waals surface area contributed by atoms with Gasteiger partial charge in [-0.2, -0.15) is 0 Å². The first-order chi connectivity index (χ1) is 10.6. The maximum absolute atomic E-state index is 12.3. The highest BCUT2D eigenvalue weighted by molar-refractivity contribution is 5.83. The third kappa shape index (κ3) is 2.17. The molecule has 0 bridgehead atoms. The molecular weight excluding hydrogens is 280 g/mol. The number of benzene rings is 1. The van der Waals surface area contributed by atoms with Gasteiger partial charge in [0.15, 0.2) is 0 Å². The van der Waals surface area contributed by atoms with Gasteiger partial charge in [0.2, 0.25) is 0 Å². The van der Waals surface area contributed by atoms with Gasteiger partial charge in [-0.05, 0) is 24.5 Å². The van der Waals surface area contributed by atoms with Crippen molar-refractivity contribution in [3.8, 4) is 5.69 Å². The van der Waals surface area contributed by atoms with Crippen molar-refractivity contribution in [2.75, 3.05) is 0 Å². The highest BCUT2D eigenvalue weighted by atomic mass is 16.4. The minimum absolute atomic E-state index is 0.163. The van der Waals surface area contributed by atoms with Crippen LogP contribution >= 0.6 is 0 Å². The molecule has 1 aromatic heterocycles. The van der Waals surface area contributed by atoms with Crippen molar-refractivity contribution in [1.82, 2.24) is 9.13 Å². The highest BCUT2D eigenvalue weighted by Crippen LogP contribution is 2.41. The summed E-state index contributed by atoms with van der Waals surface area (Å²) >= 11 is 0. The molecule has 5 heteroatoms. The van der Waals surface area contributed by atoms with Gasteiger partial charge in [-0.1, -0.05) is 37.5 Å². The second kappa shape index (κ2) is 5.48. The summed E-state index contributed by atoms with van der Waals surface area (Å²) in [6.45, 7) is 0. The van der Waals surface area contributed by atoms with Crippen LogP contribution in [0.2, 0.25) is 0 Å². The van der Waals surface area contributed by atoms with E-state index in [4.69, 9.17) is 0 Å². The van der Waals surface area contributed by atoms with Crippen LogP contribution in [-0.4, -0.2) is 20.2 Å². The molecule has 0 spiro atoms. The normalized spacial score (nSPS) is 17.3. The van der Waals surface area contributed by atoms with E-state index in [0.717, 1.165) is 24.8 Å². The third-order valence-electron chi connectivity index (χ3n) is 4.74. The minimum Gasteiger partial charge on any atom is -0.481 e. The quantitative estimate of drug-likeness (QED) is 0.947. The van der Waals surface area contributed by atoms with Crippen LogP contribution in [0, 0.1) is 0 Å². The average Bonchev–Trinajstić information content (AvgIpc) is 2.87. The summed E-state index contributed by atoms with van der Waals surface area (Å²) < 4.78 is 3.03. The van der Waals surface area contributed by atoms with E-state index in [9.17, 15) is 14.7 Å². The molecule has 0 aliphatic heterocycles. The Morgan fingerprint density at radius 2 is 1.82 bits per heavy atom. The molecule has 1 aromatic carbocycles. The van der Waals surface area contributed by atoms with Gasteiger partial charge in [-0.25, -0.2) is 4.79 Å². The number of rotatable bonds is 3. The number of hydrogen-bond acceptors (Lipinski definition) is 2. The Morgan fingerprint density at radius 1 is 1.14 bits per heavy atom. The lowest BCUT2D eigenvalue weighted by Gasteiger charge is -2.35. The number of aromatic nitrogens is 2. The molecular formula is C17H20N2O3. The lowest BCUT2D eigenvalue weighted by molar-refractivity contribution is -0.145. The molecule has 1 fully saturated rings. The molecule has 0 saturated heterocycles. The van der Waals surface area contributed by atoms with Crippen LogP contribution in [0.5, 0.6) is 0 Å². The van der Waals surface area contributed by atoms with Gasteiger partial charge in [-0.3, -0.25) is 9.36 Å². The van der Waals surface area contributed by atoms with Gasteiger partial charge in [-0.15, -0.1) is 0 Å². The Morgan fingerprint density at radius 3 is 2.41 bits per heavy atom. The van der Waals surface area contributed by atoms with E-state index in [-0.39, 0.29) is 5.69 Å². The number of carbonyl (C=O) groups is 1. The second-order valence-electron chi connectivity index (χ2n) is 6.03. The molecule has 22 heavy (non-hydrogen) atoms. The summed E-state index contributed by atoms with van der Waals surface area (Å²) in [5, 5.41) is 9.90. The number of aliphatic carboxylic acids is 1. The number of imidazole rings is 1. The van der Waals surface area contributed by atoms with Gasteiger partial charge in [0.05, 0.1) is 11.1 Å². The molecule has 1 heterocycles. The van der Waals surface area contributed by atoms with E-state index in [1.54, 1.807) is 19.4 Å². The van der Waals surface area contributed by atoms with Crippen LogP contribution in [0.25, 0.3) is 5.69 Å². The maximum Gasteiger partial charge on any atom is 0.332 e. The lowest BCUT2D eigenvalue weighted by Crippen LogP contribution is -2.39. The van der Waals surface area contributed by atoms with Gasteiger partial charge in [0, 0.05) is 19.4 Å². The van der Waals surface area contributed by atoms with Gasteiger partial charge in [0.25, 0.3) is 0 Å². The first kappa shape index (κ1) is 14.6. The van der Waals surface area contributed by atoms with E-state index in [0.29, 0.717) is 18.5 Å². The van der Waals surface area contributed by atoms with Crippen LogP contribution in [0.1, 0.15) is 37.7 Å². The van der Waals surface area contributed by atoms with E-state index in [1.165, 1.54) is 9.13 Å². The monoisotopic (exact) mass is 300 g/mol. The Balaban J connectivity index is 2.21. The summed E-state index contributed by atoms with van der Waals surface area (Å²) in [6.07, 6.45) is 7.52. The average molecular weight is 300 g/mol. The maximum atomic E-state index is 12.3. The molecule has 1 aliphatic rings. The zero-order valence-corrected chi connectivity index (χ0v) is 12.7. The number of aryl methyl sites for hydroxylation is 1. The smallest absolute Gasteiger partial charge is 0.332 e. The van der Waals surface area contributed by atoms with Gasteiger partial charge in [0.1, 0.15) is 0 Å². The zero-order chi connectivity index (χ0) is 15.7. The fraction of sp³-hybridized carbons (Fsp3) is 0.412. The van der Waals surface area contributed by atoms with Crippen molar-refractivity contribution in [3.63, 3.8) is 0 Å². The van der Waals surface area contributed by atoms with Crippen molar-refractivity contribution in [1.29, 1.82) is 0 Å². The topological polar surface area (TPSA) is 64.2 Å². The first-order valence-corrected chi connectivity index (χ1v) is 7.63. The lowest BCUT2D eigenvalue weighted by atomic mass is 9.69. The third-order valence-corrected chi connectivity index (χ3v) is 4.74. The fourth-order valence-electron chi connectivity index (χ4n) is 3.49. The summed E-state index contributed by atoms with van der Waals surface area (Å²) in [7, 11) is 1.69. The zero-order valence-electron chi connectivity index (χ0n) is 12.7. The van der Waals surface area contributed by atoms with Crippen molar-refractivity contribution in [3.05, 3.63) is 52.7 Å². The Bertz CT molecular complexity index is 751. The molecule has 0 radical (unpaired) electrons. The van der Waals surface area contributed by atoms with Crippen LogP contribution in [0.4, 0.5) is 0 Å². The molecule has 0 amide bonds. The molecule has 0 atom stereocenters. The van der Waals surface area contributed by atoms with E-state index in [1.807, 2.05) is 24.3 Å². The SMILES string of the molecule is Cn1ccn(-c2ccccc2C2(C(=O)O)CCCCC2)c1=O. The Labute approximate surface area is 128 Å². The van der Waals surface area contributed by atoms with E-state index in [2.05, 4.69) is 0 Å². The number of carboxylic acid groups (broad SMARTS) is 1. The van der Waals surface area contributed by atoms with Crippen molar-refractivity contribution >= 4 is 5.97 Å². The standard InChI is InChI=1S/C17H20N2O3/c1-18-11-12-19(16(18)22)14-8-4-3-7-13(14)17(15(20)21)9-5-2-6-10-17/h3-4,7-8,11-12H,2,5-6,9-10H2,1H3,(H,20,21). The van der Waals surface area contributed by atoms with Crippen LogP contribution < -0.4 is 5.69 Å². The molecule has 1 N–H and O–H groups in total. The predicted octanol–water partition coefficient (Wildman–Crippen LogP) is 2.46. The van der Waals surface area contributed by atoms with Crippen molar-refractivity contribution < 1.29 is 9.90 Å². The molecule has 3 rings (SSSR count).